The van der Waals surface area contributed by atoms with Gasteiger partial charge in [-0.25, -0.2) is 0 Å². The first kappa shape index (κ1) is 19.6. The van der Waals surface area contributed by atoms with Gasteiger partial charge in [-0.2, -0.15) is 10.2 Å². The van der Waals surface area contributed by atoms with E-state index in [1.807, 2.05) is 55.9 Å². The molecule has 3 rings (SSSR count). The van der Waals surface area contributed by atoms with Crippen LogP contribution < -0.4 is 5.32 Å². The molecular formula is C19H21BrClN5O. The molecule has 6 nitrogen and oxygen atoms in total. The van der Waals surface area contributed by atoms with Crippen molar-refractivity contribution in [1.82, 2.24) is 19.6 Å². The Morgan fingerprint density at radius 2 is 1.93 bits per heavy atom. The normalized spacial score (nSPS) is 11.0. The lowest BCUT2D eigenvalue weighted by Gasteiger charge is -2.08. The fraction of sp³-hybridized carbons (Fsp3) is 0.316. The van der Waals surface area contributed by atoms with Gasteiger partial charge in [0.15, 0.2) is 0 Å². The quantitative estimate of drug-likeness (QED) is 0.601. The highest BCUT2D eigenvalue weighted by atomic mass is 79.9. The zero-order chi connectivity index (χ0) is 19.6. The van der Waals surface area contributed by atoms with Gasteiger partial charge in [0, 0.05) is 24.2 Å². The SMILES string of the molecule is Cc1nn(CCC(=O)Nc2c(C)nn(Cc3ccccc3Cl)c2C)cc1Br. The van der Waals surface area contributed by atoms with E-state index in [2.05, 4.69) is 31.4 Å². The van der Waals surface area contributed by atoms with Gasteiger partial charge in [0.2, 0.25) is 5.91 Å². The first-order valence-electron chi connectivity index (χ1n) is 8.62. The smallest absolute Gasteiger partial charge is 0.226 e. The molecule has 0 spiro atoms. The van der Waals surface area contributed by atoms with Crippen LogP contribution in [0.15, 0.2) is 34.9 Å². The highest BCUT2D eigenvalue weighted by molar-refractivity contribution is 9.10. The second kappa shape index (κ2) is 8.27. The van der Waals surface area contributed by atoms with Crippen molar-refractivity contribution in [2.24, 2.45) is 0 Å². The number of carbonyl (C=O) groups is 1. The molecular weight excluding hydrogens is 430 g/mol. The Hall–Kier alpha value is -2.12. The third kappa shape index (κ3) is 4.59. The summed E-state index contributed by atoms with van der Waals surface area (Å²) in [6, 6.07) is 7.69. The number of anilines is 1. The van der Waals surface area contributed by atoms with Crippen LogP contribution in [0.2, 0.25) is 5.02 Å². The average molecular weight is 451 g/mol. The van der Waals surface area contributed by atoms with Crippen molar-refractivity contribution in [3.05, 3.63) is 62.6 Å². The Morgan fingerprint density at radius 3 is 2.59 bits per heavy atom. The van der Waals surface area contributed by atoms with E-state index in [-0.39, 0.29) is 5.91 Å². The van der Waals surface area contributed by atoms with Crippen LogP contribution in [0.1, 0.15) is 29.1 Å². The molecule has 0 bridgehead atoms. The van der Waals surface area contributed by atoms with Crippen LogP contribution in [0.4, 0.5) is 5.69 Å². The average Bonchev–Trinajstić information content (AvgIpc) is 3.08. The molecule has 8 heteroatoms. The molecule has 0 aliphatic rings. The predicted molar refractivity (Wildman–Crippen MR) is 110 cm³/mol. The summed E-state index contributed by atoms with van der Waals surface area (Å²) in [6.45, 7) is 6.83. The van der Waals surface area contributed by atoms with Crippen molar-refractivity contribution in [1.29, 1.82) is 0 Å². The van der Waals surface area contributed by atoms with Gasteiger partial charge in [0.05, 0.1) is 33.8 Å². The molecule has 27 heavy (non-hydrogen) atoms. The van der Waals surface area contributed by atoms with E-state index in [1.54, 1.807) is 4.68 Å². The minimum Gasteiger partial charge on any atom is -0.323 e. The topological polar surface area (TPSA) is 64.7 Å². The zero-order valence-corrected chi connectivity index (χ0v) is 17.8. The summed E-state index contributed by atoms with van der Waals surface area (Å²) in [6.07, 6.45) is 2.21. The Bertz CT molecular complexity index is 959. The third-order valence-corrected chi connectivity index (χ3v) is 5.53. The van der Waals surface area contributed by atoms with Crippen molar-refractivity contribution < 1.29 is 4.79 Å². The minimum atomic E-state index is -0.0669. The Kier molecular flexibility index (Phi) is 6.01. The highest BCUT2D eigenvalue weighted by Crippen LogP contribution is 2.23. The molecule has 142 valence electrons. The summed E-state index contributed by atoms with van der Waals surface area (Å²) in [5.41, 5.74) is 4.33. The molecule has 2 heterocycles. The number of carbonyl (C=O) groups excluding carboxylic acids is 1. The fourth-order valence-electron chi connectivity index (χ4n) is 2.85. The lowest BCUT2D eigenvalue weighted by molar-refractivity contribution is -0.116. The molecule has 0 aliphatic heterocycles. The molecule has 1 N–H and O–H groups in total. The summed E-state index contributed by atoms with van der Waals surface area (Å²) in [5, 5.41) is 12.6. The van der Waals surface area contributed by atoms with E-state index >= 15 is 0 Å². The van der Waals surface area contributed by atoms with Crippen molar-refractivity contribution in [2.45, 2.75) is 40.3 Å². The summed E-state index contributed by atoms with van der Waals surface area (Å²) in [4.78, 5) is 12.4. The molecule has 2 aromatic heterocycles. The number of rotatable bonds is 6. The maximum atomic E-state index is 12.4. The van der Waals surface area contributed by atoms with E-state index in [0.29, 0.717) is 24.5 Å². The van der Waals surface area contributed by atoms with Gasteiger partial charge in [-0.05, 0) is 48.3 Å². The number of aromatic nitrogens is 4. The Balaban J connectivity index is 1.67. The second-order valence-electron chi connectivity index (χ2n) is 6.42. The molecule has 0 radical (unpaired) electrons. The van der Waals surface area contributed by atoms with Gasteiger partial charge in [-0.3, -0.25) is 14.2 Å². The first-order chi connectivity index (χ1) is 12.8. The van der Waals surface area contributed by atoms with Crippen LogP contribution in [0.3, 0.4) is 0 Å². The molecule has 1 aromatic carbocycles. The molecule has 0 atom stereocenters. The van der Waals surface area contributed by atoms with Gasteiger partial charge in [-0.15, -0.1) is 0 Å². The van der Waals surface area contributed by atoms with Gasteiger partial charge in [0.25, 0.3) is 0 Å². The van der Waals surface area contributed by atoms with E-state index in [9.17, 15) is 4.79 Å². The van der Waals surface area contributed by atoms with Crippen molar-refractivity contribution >= 4 is 39.1 Å². The molecule has 0 aliphatic carbocycles. The maximum Gasteiger partial charge on any atom is 0.226 e. The number of nitrogens with one attached hydrogen (secondary N) is 1. The molecule has 3 aromatic rings. The monoisotopic (exact) mass is 449 g/mol. The first-order valence-corrected chi connectivity index (χ1v) is 9.79. The van der Waals surface area contributed by atoms with Crippen molar-refractivity contribution in [2.75, 3.05) is 5.32 Å². The van der Waals surface area contributed by atoms with Gasteiger partial charge < -0.3 is 5.32 Å². The van der Waals surface area contributed by atoms with E-state index in [0.717, 1.165) is 32.8 Å². The van der Waals surface area contributed by atoms with Gasteiger partial charge in [0.1, 0.15) is 0 Å². The predicted octanol–water partition coefficient (Wildman–Crippen LogP) is 4.50. The molecule has 0 saturated heterocycles. The van der Waals surface area contributed by atoms with E-state index in [1.165, 1.54) is 0 Å². The Morgan fingerprint density at radius 1 is 1.19 bits per heavy atom. The van der Waals surface area contributed by atoms with Crippen molar-refractivity contribution in [3.8, 4) is 0 Å². The number of amides is 1. The van der Waals surface area contributed by atoms with Crippen molar-refractivity contribution in [3.63, 3.8) is 0 Å². The number of hydrogen-bond donors (Lipinski definition) is 1. The number of nitrogens with zero attached hydrogens (tertiary/aromatic N) is 4. The van der Waals surface area contributed by atoms with Crippen LogP contribution in [0.5, 0.6) is 0 Å². The summed E-state index contributed by atoms with van der Waals surface area (Å²) in [5.74, 6) is -0.0669. The fourth-order valence-corrected chi connectivity index (χ4v) is 3.36. The Labute approximate surface area is 171 Å². The largest absolute Gasteiger partial charge is 0.323 e. The second-order valence-corrected chi connectivity index (χ2v) is 7.68. The number of halogens is 2. The third-order valence-electron chi connectivity index (χ3n) is 4.38. The van der Waals surface area contributed by atoms with Crippen LogP contribution in [-0.2, 0) is 17.9 Å². The number of benzene rings is 1. The summed E-state index contributed by atoms with van der Waals surface area (Å²) >= 11 is 9.67. The van der Waals surface area contributed by atoms with E-state index < -0.39 is 0 Å². The molecule has 1 amide bonds. The standard InChI is InChI=1S/C19H21BrClN5O/c1-12-16(20)11-25(23-12)9-8-18(27)22-19-13(2)24-26(14(19)3)10-15-6-4-5-7-17(15)21/h4-7,11H,8-10H2,1-3H3,(H,22,27). The highest BCUT2D eigenvalue weighted by Gasteiger charge is 2.15. The lowest BCUT2D eigenvalue weighted by atomic mass is 10.2. The van der Waals surface area contributed by atoms with Gasteiger partial charge in [-0.1, -0.05) is 29.8 Å². The minimum absolute atomic E-state index is 0.0669. The molecule has 0 saturated carbocycles. The summed E-state index contributed by atoms with van der Waals surface area (Å²) in [7, 11) is 0. The maximum absolute atomic E-state index is 12.4. The van der Waals surface area contributed by atoms with Gasteiger partial charge >= 0.3 is 0 Å². The van der Waals surface area contributed by atoms with Crippen LogP contribution in [0, 0.1) is 20.8 Å². The molecule has 0 unspecified atom stereocenters. The number of aryl methyl sites for hydroxylation is 3. The van der Waals surface area contributed by atoms with E-state index in [4.69, 9.17) is 11.6 Å². The van der Waals surface area contributed by atoms with Crippen LogP contribution >= 0.6 is 27.5 Å². The lowest BCUT2D eigenvalue weighted by Crippen LogP contribution is -2.16. The number of hydrogen-bond acceptors (Lipinski definition) is 3. The zero-order valence-electron chi connectivity index (χ0n) is 15.5. The van der Waals surface area contributed by atoms with Crippen LogP contribution in [-0.4, -0.2) is 25.5 Å². The summed E-state index contributed by atoms with van der Waals surface area (Å²) < 4.78 is 4.56. The molecule has 0 fully saturated rings. The van der Waals surface area contributed by atoms with Crippen LogP contribution in [0.25, 0.3) is 0 Å².